The van der Waals surface area contributed by atoms with Gasteiger partial charge in [0.1, 0.15) is 0 Å². The predicted molar refractivity (Wildman–Crippen MR) is 74.0 cm³/mol. The Bertz CT molecular complexity index is 215. The molecule has 2 N–H and O–H groups in total. The van der Waals surface area contributed by atoms with E-state index in [0.717, 1.165) is 24.4 Å². The summed E-state index contributed by atoms with van der Waals surface area (Å²) in [5, 5.41) is 0. The van der Waals surface area contributed by atoms with E-state index in [2.05, 4.69) is 11.8 Å². The molecule has 0 aromatic carbocycles. The van der Waals surface area contributed by atoms with Crippen LogP contribution in [0.15, 0.2) is 0 Å². The molecule has 17 heavy (non-hydrogen) atoms. The van der Waals surface area contributed by atoms with Crippen LogP contribution in [0.4, 0.5) is 0 Å². The summed E-state index contributed by atoms with van der Waals surface area (Å²) in [6, 6.07) is 0.897. The SMILES string of the molecule is CCC1CCCC(N2CCCC(CCN)C2)C1. The molecule has 2 fully saturated rings. The zero-order valence-corrected chi connectivity index (χ0v) is 11.5. The summed E-state index contributed by atoms with van der Waals surface area (Å²) in [5.41, 5.74) is 5.71. The molecule has 3 unspecified atom stereocenters. The largest absolute Gasteiger partial charge is 0.330 e. The van der Waals surface area contributed by atoms with Crippen molar-refractivity contribution in [1.29, 1.82) is 0 Å². The monoisotopic (exact) mass is 238 g/mol. The van der Waals surface area contributed by atoms with Gasteiger partial charge in [-0.25, -0.2) is 0 Å². The molecule has 0 bridgehead atoms. The quantitative estimate of drug-likeness (QED) is 0.816. The predicted octanol–water partition coefficient (Wildman–Crippen LogP) is 3.02. The maximum absolute atomic E-state index is 5.71. The molecule has 0 spiro atoms. The van der Waals surface area contributed by atoms with Gasteiger partial charge in [-0.3, -0.25) is 0 Å². The van der Waals surface area contributed by atoms with E-state index in [1.165, 1.54) is 64.5 Å². The number of hydrogen-bond donors (Lipinski definition) is 1. The average Bonchev–Trinajstić information content (AvgIpc) is 2.40. The van der Waals surface area contributed by atoms with E-state index in [0.29, 0.717) is 0 Å². The summed E-state index contributed by atoms with van der Waals surface area (Å²) in [4.78, 5) is 2.80. The van der Waals surface area contributed by atoms with Crippen LogP contribution in [0.25, 0.3) is 0 Å². The molecular weight excluding hydrogens is 208 g/mol. The van der Waals surface area contributed by atoms with Crippen LogP contribution in [0.5, 0.6) is 0 Å². The number of rotatable bonds is 4. The zero-order chi connectivity index (χ0) is 12.1. The Hall–Kier alpha value is -0.0800. The topological polar surface area (TPSA) is 29.3 Å². The molecular formula is C15H30N2. The van der Waals surface area contributed by atoms with Crippen molar-refractivity contribution in [1.82, 2.24) is 4.90 Å². The third kappa shape index (κ3) is 3.69. The number of piperidine rings is 1. The van der Waals surface area contributed by atoms with Crippen molar-refractivity contribution in [2.75, 3.05) is 19.6 Å². The van der Waals surface area contributed by atoms with Crippen LogP contribution < -0.4 is 5.73 Å². The van der Waals surface area contributed by atoms with E-state index >= 15 is 0 Å². The Kier molecular flexibility index (Phi) is 5.30. The van der Waals surface area contributed by atoms with Gasteiger partial charge < -0.3 is 10.6 Å². The maximum Gasteiger partial charge on any atom is 0.00980 e. The van der Waals surface area contributed by atoms with Crippen LogP contribution in [0.2, 0.25) is 0 Å². The van der Waals surface area contributed by atoms with Crippen LogP contribution in [-0.2, 0) is 0 Å². The Balaban J connectivity index is 1.83. The smallest absolute Gasteiger partial charge is 0.00980 e. The summed E-state index contributed by atoms with van der Waals surface area (Å²) in [6.07, 6.45) is 11.3. The molecule has 1 saturated carbocycles. The van der Waals surface area contributed by atoms with Crippen LogP contribution in [0.1, 0.15) is 58.3 Å². The molecule has 3 atom stereocenters. The van der Waals surface area contributed by atoms with E-state index in [-0.39, 0.29) is 0 Å². The van der Waals surface area contributed by atoms with Crippen molar-refractivity contribution < 1.29 is 0 Å². The second-order valence-electron chi connectivity index (χ2n) is 6.18. The van der Waals surface area contributed by atoms with Crippen LogP contribution in [0.3, 0.4) is 0 Å². The fourth-order valence-corrected chi connectivity index (χ4v) is 3.87. The Morgan fingerprint density at radius 2 is 1.94 bits per heavy atom. The molecule has 1 heterocycles. The molecule has 1 aliphatic carbocycles. The first kappa shape index (κ1) is 13.4. The van der Waals surface area contributed by atoms with Crippen molar-refractivity contribution in [3.63, 3.8) is 0 Å². The molecule has 1 saturated heterocycles. The molecule has 2 rings (SSSR count). The zero-order valence-electron chi connectivity index (χ0n) is 11.5. The molecule has 1 aliphatic heterocycles. The van der Waals surface area contributed by atoms with E-state index in [1.54, 1.807) is 0 Å². The lowest BCUT2D eigenvalue weighted by molar-refractivity contribution is 0.0797. The van der Waals surface area contributed by atoms with Gasteiger partial charge in [-0.15, -0.1) is 0 Å². The minimum Gasteiger partial charge on any atom is -0.330 e. The second-order valence-corrected chi connectivity index (χ2v) is 6.18. The number of hydrogen-bond acceptors (Lipinski definition) is 2. The van der Waals surface area contributed by atoms with Crippen molar-refractivity contribution in [2.24, 2.45) is 17.6 Å². The minimum absolute atomic E-state index is 0.876. The van der Waals surface area contributed by atoms with Crippen molar-refractivity contribution in [2.45, 2.75) is 64.3 Å². The molecule has 100 valence electrons. The third-order valence-corrected chi connectivity index (χ3v) is 4.97. The number of nitrogens with two attached hydrogens (primary N) is 1. The van der Waals surface area contributed by atoms with Gasteiger partial charge in [-0.1, -0.05) is 26.2 Å². The van der Waals surface area contributed by atoms with E-state index < -0.39 is 0 Å². The molecule has 0 amide bonds. The highest BCUT2D eigenvalue weighted by Crippen LogP contribution is 2.32. The first-order chi connectivity index (χ1) is 8.33. The highest BCUT2D eigenvalue weighted by atomic mass is 15.2. The molecule has 0 aromatic rings. The standard InChI is InChI=1S/C15H30N2/c1-2-13-5-3-7-15(11-13)17-10-4-6-14(12-17)8-9-16/h13-15H,2-12,16H2,1H3. The van der Waals surface area contributed by atoms with Gasteiger partial charge in [-0.2, -0.15) is 0 Å². The first-order valence-electron chi connectivity index (χ1n) is 7.77. The van der Waals surface area contributed by atoms with Crippen LogP contribution >= 0.6 is 0 Å². The normalized spacial score (nSPS) is 36.0. The first-order valence-corrected chi connectivity index (χ1v) is 7.77. The van der Waals surface area contributed by atoms with Gasteiger partial charge >= 0.3 is 0 Å². The summed E-state index contributed by atoms with van der Waals surface area (Å²) in [5.74, 6) is 1.89. The van der Waals surface area contributed by atoms with E-state index in [1.807, 2.05) is 0 Å². The molecule has 2 aliphatic rings. The Morgan fingerprint density at radius 1 is 1.12 bits per heavy atom. The van der Waals surface area contributed by atoms with Crippen molar-refractivity contribution >= 4 is 0 Å². The van der Waals surface area contributed by atoms with E-state index in [9.17, 15) is 0 Å². The fraction of sp³-hybridized carbons (Fsp3) is 1.00. The molecule has 2 nitrogen and oxygen atoms in total. The van der Waals surface area contributed by atoms with E-state index in [4.69, 9.17) is 5.73 Å². The number of likely N-dealkylation sites (tertiary alicyclic amines) is 1. The van der Waals surface area contributed by atoms with Crippen molar-refractivity contribution in [3.05, 3.63) is 0 Å². The van der Waals surface area contributed by atoms with Gasteiger partial charge in [-0.05, 0) is 57.0 Å². The van der Waals surface area contributed by atoms with Gasteiger partial charge in [0, 0.05) is 12.6 Å². The Labute approximate surface area is 107 Å². The summed E-state index contributed by atoms with van der Waals surface area (Å²) in [6.45, 7) is 5.92. The molecule has 2 heteroatoms. The lowest BCUT2D eigenvalue weighted by Gasteiger charge is -2.42. The lowest BCUT2D eigenvalue weighted by atomic mass is 9.82. The fourth-order valence-electron chi connectivity index (χ4n) is 3.87. The van der Waals surface area contributed by atoms with Gasteiger partial charge in [0.15, 0.2) is 0 Å². The summed E-state index contributed by atoms with van der Waals surface area (Å²) < 4.78 is 0. The maximum atomic E-state index is 5.71. The highest BCUT2D eigenvalue weighted by Gasteiger charge is 2.29. The van der Waals surface area contributed by atoms with Crippen LogP contribution in [0, 0.1) is 11.8 Å². The third-order valence-electron chi connectivity index (χ3n) is 4.97. The minimum atomic E-state index is 0.876. The summed E-state index contributed by atoms with van der Waals surface area (Å²) in [7, 11) is 0. The second kappa shape index (κ2) is 6.75. The van der Waals surface area contributed by atoms with Crippen LogP contribution in [-0.4, -0.2) is 30.6 Å². The average molecular weight is 238 g/mol. The van der Waals surface area contributed by atoms with Gasteiger partial charge in [0.2, 0.25) is 0 Å². The van der Waals surface area contributed by atoms with Gasteiger partial charge in [0.25, 0.3) is 0 Å². The molecule has 0 aromatic heterocycles. The lowest BCUT2D eigenvalue weighted by Crippen LogP contribution is -2.45. The Morgan fingerprint density at radius 3 is 2.71 bits per heavy atom. The highest BCUT2D eigenvalue weighted by molar-refractivity contribution is 4.84. The van der Waals surface area contributed by atoms with Gasteiger partial charge in [0.05, 0.1) is 0 Å². The molecule has 0 radical (unpaired) electrons. The summed E-state index contributed by atoms with van der Waals surface area (Å²) >= 11 is 0. The van der Waals surface area contributed by atoms with Crippen molar-refractivity contribution in [3.8, 4) is 0 Å². The number of nitrogens with zero attached hydrogens (tertiary/aromatic N) is 1.